The third kappa shape index (κ3) is 4.50. The minimum atomic E-state index is -0.824. The molecule has 0 aliphatic rings. The number of hydrogen-bond donors (Lipinski definition) is 2. The Bertz CT molecular complexity index is 752. The second-order valence-electron chi connectivity index (χ2n) is 4.45. The van der Waals surface area contributed by atoms with Crippen LogP contribution in [0.3, 0.4) is 0 Å². The van der Waals surface area contributed by atoms with Crippen molar-refractivity contribution < 1.29 is 14.3 Å². The van der Waals surface area contributed by atoms with E-state index >= 15 is 0 Å². The number of carbonyl (C=O) groups is 2. The summed E-state index contributed by atoms with van der Waals surface area (Å²) in [6.07, 6.45) is 2.94. The molecule has 8 heteroatoms. The Kier molecular flexibility index (Phi) is 5.20. The zero-order valence-corrected chi connectivity index (χ0v) is 12.0. The zero-order chi connectivity index (χ0) is 16.7. The van der Waals surface area contributed by atoms with Crippen LogP contribution in [0.25, 0.3) is 0 Å². The number of rotatable bonds is 5. The van der Waals surface area contributed by atoms with E-state index in [4.69, 9.17) is 15.7 Å². The Labute approximate surface area is 131 Å². The molecule has 0 aliphatic heterocycles. The van der Waals surface area contributed by atoms with Crippen LogP contribution in [0, 0.1) is 11.3 Å². The minimum absolute atomic E-state index is 0.0639. The SMILES string of the molecule is N#CCc1ccc(NC(=O)COC(=O)c2nccnc2N)cc1. The van der Waals surface area contributed by atoms with E-state index in [0.29, 0.717) is 12.1 Å². The number of nitrogen functional groups attached to an aromatic ring is 1. The number of nitriles is 1. The molecular formula is C15H13N5O3. The summed E-state index contributed by atoms with van der Waals surface area (Å²) >= 11 is 0. The van der Waals surface area contributed by atoms with Crippen LogP contribution in [0.15, 0.2) is 36.7 Å². The number of amides is 1. The lowest BCUT2D eigenvalue weighted by Gasteiger charge is -2.07. The molecule has 0 saturated heterocycles. The number of benzene rings is 1. The van der Waals surface area contributed by atoms with Gasteiger partial charge in [0, 0.05) is 18.1 Å². The molecule has 0 saturated carbocycles. The molecule has 0 atom stereocenters. The number of nitrogens with zero attached hydrogens (tertiary/aromatic N) is 3. The van der Waals surface area contributed by atoms with Gasteiger partial charge < -0.3 is 15.8 Å². The molecule has 0 radical (unpaired) electrons. The molecule has 0 unspecified atom stereocenters. The van der Waals surface area contributed by atoms with Crippen molar-refractivity contribution in [2.45, 2.75) is 6.42 Å². The zero-order valence-electron chi connectivity index (χ0n) is 12.0. The largest absolute Gasteiger partial charge is 0.451 e. The molecule has 2 aromatic rings. The number of hydrogen-bond acceptors (Lipinski definition) is 7. The molecule has 0 aliphatic carbocycles. The van der Waals surface area contributed by atoms with Gasteiger partial charge in [0.1, 0.15) is 0 Å². The quantitative estimate of drug-likeness (QED) is 0.785. The van der Waals surface area contributed by atoms with Gasteiger partial charge in [0.2, 0.25) is 0 Å². The lowest BCUT2D eigenvalue weighted by Crippen LogP contribution is -2.22. The van der Waals surface area contributed by atoms with Crippen molar-refractivity contribution in [3.05, 3.63) is 47.9 Å². The normalized spacial score (nSPS) is 9.70. The van der Waals surface area contributed by atoms with Crippen LogP contribution < -0.4 is 11.1 Å². The highest BCUT2D eigenvalue weighted by Crippen LogP contribution is 2.10. The number of nitrogens with two attached hydrogens (primary N) is 1. The number of anilines is 2. The van der Waals surface area contributed by atoms with Gasteiger partial charge in [0.25, 0.3) is 5.91 Å². The average molecular weight is 311 g/mol. The van der Waals surface area contributed by atoms with Crippen LogP contribution in [0.2, 0.25) is 0 Å². The topological polar surface area (TPSA) is 131 Å². The van der Waals surface area contributed by atoms with Gasteiger partial charge in [0.05, 0.1) is 12.5 Å². The Morgan fingerprint density at radius 1 is 1.22 bits per heavy atom. The second-order valence-corrected chi connectivity index (χ2v) is 4.45. The summed E-state index contributed by atoms with van der Waals surface area (Å²) in [6, 6.07) is 8.81. The van der Waals surface area contributed by atoms with Crippen molar-refractivity contribution in [3.63, 3.8) is 0 Å². The van der Waals surface area contributed by atoms with E-state index in [9.17, 15) is 9.59 Å². The first-order valence-corrected chi connectivity index (χ1v) is 6.59. The maximum atomic E-state index is 11.7. The van der Waals surface area contributed by atoms with Crippen molar-refractivity contribution in [2.24, 2.45) is 0 Å². The van der Waals surface area contributed by atoms with Gasteiger partial charge in [-0.3, -0.25) is 4.79 Å². The van der Waals surface area contributed by atoms with Crippen LogP contribution in [0.1, 0.15) is 16.1 Å². The van der Waals surface area contributed by atoms with Crippen molar-refractivity contribution in [2.75, 3.05) is 17.7 Å². The fourth-order valence-electron chi connectivity index (χ4n) is 1.70. The van der Waals surface area contributed by atoms with Crippen molar-refractivity contribution >= 4 is 23.4 Å². The van der Waals surface area contributed by atoms with E-state index in [-0.39, 0.29) is 11.5 Å². The fourth-order valence-corrected chi connectivity index (χ4v) is 1.70. The van der Waals surface area contributed by atoms with E-state index in [2.05, 4.69) is 15.3 Å². The minimum Gasteiger partial charge on any atom is -0.451 e. The van der Waals surface area contributed by atoms with Crippen molar-refractivity contribution in [1.82, 2.24) is 9.97 Å². The summed E-state index contributed by atoms with van der Waals surface area (Å²) in [5, 5.41) is 11.1. The van der Waals surface area contributed by atoms with Gasteiger partial charge >= 0.3 is 5.97 Å². The van der Waals surface area contributed by atoms with Gasteiger partial charge in [-0.2, -0.15) is 5.26 Å². The van der Waals surface area contributed by atoms with Crippen molar-refractivity contribution in [1.29, 1.82) is 5.26 Å². The monoisotopic (exact) mass is 311 g/mol. The summed E-state index contributed by atoms with van der Waals surface area (Å²) in [5.41, 5.74) is 6.73. The van der Waals surface area contributed by atoms with E-state index in [0.717, 1.165) is 5.56 Å². The summed E-state index contributed by atoms with van der Waals surface area (Å²) in [4.78, 5) is 30.9. The molecule has 0 fully saturated rings. The van der Waals surface area contributed by atoms with Crippen molar-refractivity contribution in [3.8, 4) is 6.07 Å². The molecule has 1 aromatic heterocycles. The van der Waals surface area contributed by atoms with Crippen LogP contribution in [0.4, 0.5) is 11.5 Å². The van der Waals surface area contributed by atoms with Crippen LogP contribution in [0.5, 0.6) is 0 Å². The summed E-state index contributed by atoms with van der Waals surface area (Å²) in [5.74, 6) is -1.39. The highest BCUT2D eigenvalue weighted by Gasteiger charge is 2.15. The Balaban J connectivity index is 1.87. The summed E-state index contributed by atoms with van der Waals surface area (Å²) < 4.78 is 4.83. The van der Waals surface area contributed by atoms with Gasteiger partial charge in [-0.15, -0.1) is 0 Å². The number of esters is 1. The fraction of sp³-hybridized carbons (Fsp3) is 0.133. The Morgan fingerprint density at radius 2 is 1.91 bits per heavy atom. The molecule has 3 N–H and O–H groups in total. The number of nitrogens with one attached hydrogen (secondary N) is 1. The van der Waals surface area contributed by atoms with Gasteiger partial charge in [-0.1, -0.05) is 12.1 Å². The average Bonchev–Trinajstić information content (AvgIpc) is 2.55. The summed E-state index contributed by atoms with van der Waals surface area (Å²) in [7, 11) is 0. The molecule has 1 amide bonds. The molecule has 23 heavy (non-hydrogen) atoms. The van der Waals surface area contributed by atoms with Gasteiger partial charge in [-0.05, 0) is 17.7 Å². The first kappa shape index (κ1) is 15.9. The smallest absolute Gasteiger partial charge is 0.361 e. The standard InChI is InChI=1S/C15H13N5O3/c16-6-5-10-1-3-11(4-2-10)20-12(21)9-23-15(22)13-14(17)19-8-7-18-13/h1-4,7-8H,5,9H2,(H2,17,19)(H,20,21). The van der Waals surface area contributed by atoms with E-state index in [1.54, 1.807) is 24.3 Å². The van der Waals surface area contributed by atoms with Crippen LogP contribution in [-0.4, -0.2) is 28.5 Å². The highest BCUT2D eigenvalue weighted by atomic mass is 16.5. The predicted octanol–water partition coefficient (Wildman–Crippen LogP) is 0.920. The highest BCUT2D eigenvalue weighted by molar-refractivity contribution is 5.96. The molecule has 8 nitrogen and oxygen atoms in total. The molecule has 2 rings (SSSR count). The first-order chi connectivity index (χ1) is 11.1. The maximum Gasteiger partial charge on any atom is 0.361 e. The number of aromatic nitrogens is 2. The molecule has 1 aromatic carbocycles. The van der Waals surface area contributed by atoms with E-state index in [1.165, 1.54) is 12.4 Å². The lowest BCUT2D eigenvalue weighted by atomic mass is 10.1. The lowest BCUT2D eigenvalue weighted by molar-refractivity contribution is -0.119. The van der Waals surface area contributed by atoms with E-state index < -0.39 is 18.5 Å². The third-order valence-electron chi connectivity index (χ3n) is 2.78. The first-order valence-electron chi connectivity index (χ1n) is 6.59. The second kappa shape index (κ2) is 7.51. The molecule has 116 valence electrons. The van der Waals surface area contributed by atoms with Gasteiger partial charge in [-0.25, -0.2) is 14.8 Å². The molecular weight excluding hydrogens is 298 g/mol. The van der Waals surface area contributed by atoms with E-state index in [1.807, 2.05) is 6.07 Å². The number of ether oxygens (including phenoxy) is 1. The maximum absolute atomic E-state index is 11.7. The summed E-state index contributed by atoms with van der Waals surface area (Å²) in [6.45, 7) is -0.477. The Hall–Kier alpha value is -3.47. The Morgan fingerprint density at radius 3 is 2.57 bits per heavy atom. The van der Waals surface area contributed by atoms with Gasteiger partial charge in [0.15, 0.2) is 18.1 Å². The predicted molar refractivity (Wildman–Crippen MR) is 81.1 cm³/mol. The molecule has 0 spiro atoms. The third-order valence-corrected chi connectivity index (χ3v) is 2.78. The molecule has 1 heterocycles. The number of carbonyl (C=O) groups excluding carboxylic acids is 2. The molecule has 0 bridgehead atoms. The van der Waals surface area contributed by atoms with Crippen LogP contribution >= 0.6 is 0 Å². The van der Waals surface area contributed by atoms with Crippen LogP contribution in [-0.2, 0) is 16.0 Å².